The lowest BCUT2D eigenvalue weighted by atomic mass is 10.1. The fourth-order valence-corrected chi connectivity index (χ4v) is 1.99. The number of aromatic nitrogens is 2. The number of rotatable bonds is 3. The first-order valence-electron chi connectivity index (χ1n) is 6.68. The first kappa shape index (κ1) is 14.3. The van der Waals surface area contributed by atoms with Gasteiger partial charge >= 0.3 is 5.97 Å². The average Bonchev–Trinajstić information content (AvgIpc) is 2.86. The predicted octanol–water partition coefficient (Wildman–Crippen LogP) is 3.45. The maximum atomic E-state index is 12.2. The molecule has 1 atom stereocenters. The van der Waals surface area contributed by atoms with Crippen LogP contribution in [0, 0.1) is 0 Å². The number of carbonyl (C=O) groups is 1. The van der Waals surface area contributed by atoms with Crippen LogP contribution in [-0.4, -0.2) is 21.1 Å². The summed E-state index contributed by atoms with van der Waals surface area (Å²) in [6, 6.07) is 10.0. The third-order valence-electron chi connectivity index (χ3n) is 2.97. The van der Waals surface area contributed by atoms with Crippen molar-refractivity contribution in [1.82, 2.24) is 9.55 Å². The molecule has 0 aliphatic rings. The Morgan fingerprint density at radius 2 is 1.90 bits per heavy atom. The van der Waals surface area contributed by atoms with Crippen molar-refractivity contribution in [2.24, 2.45) is 0 Å². The molecule has 4 heteroatoms. The molecular weight excluding hydrogens is 252 g/mol. The molecule has 0 aliphatic carbocycles. The van der Waals surface area contributed by atoms with Gasteiger partial charge in [-0.15, -0.1) is 0 Å². The Balaban J connectivity index is 2.27. The standard InChI is InChI=1S/C16H20N2O2/c1-12(13-8-6-5-7-9-13)18-11-17-10-14(18)15(19)20-16(2,3)4/h5-12H,1-4H3/t12-/m1/s1. The molecule has 0 saturated heterocycles. The van der Waals surface area contributed by atoms with Crippen molar-refractivity contribution < 1.29 is 9.53 Å². The van der Waals surface area contributed by atoms with Gasteiger partial charge in [-0.1, -0.05) is 30.3 Å². The van der Waals surface area contributed by atoms with Crippen LogP contribution in [0.4, 0.5) is 0 Å². The number of nitrogens with zero attached hydrogens (tertiary/aromatic N) is 2. The summed E-state index contributed by atoms with van der Waals surface area (Å²) < 4.78 is 7.25. The smallest absolute Gasteiger partial charge is 0.357 e. The van der Waals surface area contributed by atoms with Crippen LogP contribution in [0.3, 0.4) is 0 Å². The van der Waals surface area contributed by atoms with Gasteiger partial charge in [0.15, 0.2) is 0 Å². The van der Waals surface area contributed by atoms with Gasteiger partial charge in [0.05, 0.1) is 18.6 Å². The maximum absolute atomic E-state index is 12.2. The second kappa shape index (κ2) is 5.49. The Bertz CT molecular complexity index is 582. The molecule has 2 aromatic rings. The van der Waals surface area contributed by atoms with E-state index < -0.39 is 5.60 Å². The van der Waals surface area contributed by atoms with E-state index in [4.69, 9.17) is 4.74 Å². The van der Waals surface area contributed by atoms with Gasteiger partial charge < -0.3 is 9.30 Å². The van der Waals surface area contributed by atoms with Crippen LogP contribution in [0.2, 0.25) is 0 Å². The topological polar surface area (TPSA) is 44.1 Å². The Morgan fingerprint density at radius 1 is 1.25 bits per heavy atom. The summed E-state index contributed by atoms with van der Waals surface area (Å²) in [5, 5.41) is 0. The highest BCUT2D eigenvalue weighted by Gasteiger charge is 2.22. The molecule has 0 N–H and O–H groups in total. The van der Waals surface area contributed by atoms with Crippen molar-refractivity contribution in [2.75, 3.05) is 0 Å². The highest BCUT2D eigenvalue weighted by molar-refractivity contribution is 5.87. The van der Waals surface area contributed by atoms with E-state index in [-0.39, 0.29) is 12.0 Å². The van der Waals surface area contributed by atoms with Crippen molar-refractivity contribution in [3.63, 3.8) is 0 Å². The Hall–Kier alpha value is -2.10. The third-order valence-corrected chi connectivity index (χ3v) is 2.97. The predicted molar refractivity (Wildman–Crippen MR) is 77.7 cm³/mol. The summed E-state index contributed by atoms with van der Waals surface area (Å²) in [4.78, 5) is 16.3. The zero-order chi connectivity index (χ0) is 14.8. The zero-order valence-corrected chi connectivity index (χ0v) is 12.3. The van der Waals surface area contributed by atoms with E-state index in [9.17, 15) is 4.79 Å². The summed E-state index contributed by atoms with van der Waals surface area (Å²) in [5.74, 6) is -0.349. The molecule has 106 valence electrons. The fraction of sp³-hybridized carbons (Fsp3) is 0.375. The van der Waals surface area contributed by atoms with Gasteiger partial charge in [-0.2, -0.15) is 0 Å². The Morgan fingerprint density at radius 3 is 2.50 bits per heavy atom. The first-order valence-corrected chi connectivity index (χ1v) is 6.68. The van der Waals surface area contributed by atoms with Gasteiger partial charge in [0, 0.05) is 0 Å². The molecular formula is C16H20N2O2. The van der Waals surface area contributed by atoms with Gasteiger partial charge in [0.1, 0.15) is 11.3 Å². The fourth-order valence-electron chi connectivity index (χ4n) is 1.99. The minimum absolute atomic E-state index is 0.0289. The quantitative estimate of drug-likeness (QED) is 0.804. The highest BCUT2D eigenvalue weighted by atomic mass is 16.6. The third kappa shape index (κ3) is 3.26. The van der Waals surface area contributed by atoms with Crippen LogP contribution in [-0.2, 0) is 4.74 Å². The number of hydrogen-bond donors (Lipinski definition) is 0. The second-order valence-electron chi connectivity index (χ2n) is 5.77. The summed E-state index contributed by atoms with van der Waals surface area (Å²) in [6.07, 6.45) is 3.21. The van der Waals surface area contributed by atoms with Gasteiger partial charge in [0.25, 0.3) is 0 Å². The molecule has 2 rings (SSSR count). The van der Waals surface area contributed by atoms with Crippen LogP contribution in [0.1, 0.15) is 49.8 Å². The van der Waals surface area contributed by atoms with Crippen LogP contribution < -0.4 is 0 Å². The van der Waals surface area contributed by atoms with Crippen molar-refractivity contribution >= 4 is 5.97 Å². The van der Waals surface area contributed by atoms with Crippen molar-refractivity contribution in [2.45, 2.75) is 39.3 Å². The molecule has 0 bridgehead atoms. The van der Waals surface area contributed by atoms with Crippen LogP contribution >= 0.6 is 0 Å². The van der Waals surface area contributed by atoms with E-state index in [1.54, 1.807) is 12.5 Å². The summed E-state index contributed by atoms with van der Waals surface area (Å²) in [5.41, 5.74) is 1.08. The van der Waals surface area contributed by atoms with E-state index in [0.717, 1.165) is 5.56 Å². The van der Waals surface area contributed by atoms with Gasteiger partial charge in [-0.3, -0.25) is 0 Å². The van der Waals surface area contributed by atoms with Crippen molar-refractivity contribution in [3.05, 3.63) is 54.1 Å². The normalized spacial score (nSPS) is 13.0. The first-order chi connectivity index (χ1) is 9.38. The molecule has 1 aromatic heterocycles. The number of benzene rings is 1. The van der Waals surface area contributed by atoms with E-state index >= 15 is 0 Å². The lowest BCUT2D eigenvalue weighted by molar-refractivity contribution is 0.00567. The largest absolute Gasteiger partial charge is 0.455 e. The summed E-state index contributed by atoms with van der Waals surface area (Å²) in [7, 11) is 0. The molecule has 0 fully saturated rings. The SMILES string of the molecule is C[C@H](c1ccccc1)n1cncc1C(=O)OC(C)(C)C. The Labute approximate surface area is 119 Å². The molecule has 0 unspecified atom stereocenters. The lowest BCUT2D eigenvalue weighted by Crippen LogP contribution is -2.26. The number of esters is 1. The lowest BCUT2D eigenvalue weighted by Gasteiger charge is -2.21. The van der Waals surface area contributed by atoms with Crippen LogP contribution in [0.5, 0.6) is 0 Å². The molecule has 1 aromatic carbocycles. The van der Waals surface area contributed by atoms with E-state index in [0.29, 0.717) is 5.69 Å². The van der Waals surface area contributed by atoms with Gasteiger partial charge in [-0.05, 0) is 33.3 Å². The number of hydrogen-bond acceptors (Lipinski definition) is 3. The Kier molecular flexibility index (Phi) is 3.93. The minimum Gasteiger partial charge on any atom is -0.455 e. The van der Waals surface area contributed by atoms with Crippen molar-refractivity contribution in [1.29, 1.82) is 0 Å². The maximum Gasteiger partial charge on any atom is 0.357 e. The van der Waals surface area contributed by atoms with Gasteiger partial charge in [-0.25, -0.2) is 9.78 Å². The van der Waals surface area contributed by atoms with E-state index in [2.05, 4.69) is 4.98 Å². The van der Waals surface area contributed by atoms with Gasteiger partial charge in [0.2, 0.25) is 0 Å². The van der Waals surface area contributed by atoms with E-state index in [1.807, 2.05) is 62.6 Å². The van der Waals surface area contributed by atoms with Crippen LogP contribution in [0.25, 0.3) is 0 Å². The number of imidazole rings is 1. The molecule has 0 spiro atoms. The van der Waals surface area contributed by atoms with Crippen LogP contribution in [0.15, 0.2) is 42.9 Å². The molecule has 0 aliphatic heterocycles. The van der Waals surface area contributed by atoms with E-state index in [1.165, 1.54) is 0 Å². The zero-order valence-electron chi connectivity index (χ0n) is 12.3. The molecule has 20 heavy (non-hydrogen) atoms. The monoisotopic (exact) mass is 272 g/mol. The summed E-state index contributed by atoms with van der Waals surface area (Å²) in [6.45, 7) is 7.59. The summed E-state index contributed by atoms with van der Waals surface area (Å²) >= 11 is 0. The molecule has 4 nitrogen and oxygen atoms in total. The number of ether oxygens (including phenoxy) is 1. The average molecular weight is 272 g/mol. The molecule has 1 heterocycles. The minimum atomic E-state index is -0.512. The molecule has 0 saturated carbocycles. The highest BCUT2D eigenvalue weighted by Crippen LogP contribution is 2.21. The molecule has 0 amide bonds. The van der Waals surface area contributed by atoms with Crippen molar-refractivity contribution in [3.8, 4) is 0 Å². The molecule has 0 radical (unpaired) electrons. The second-order valence-corrected chi connectivity index (χ2v) is 5.77. The number of carbonyl (C=O) groups excluding carboxylic acids is 1.